The van der Waals surface area contributed by atoms with Gasteiger partial charge < -0.3 is 10.2 Å². The minimum absolute atomic E-state index is 0.175. The first-order valence-electron chi connectivity index (χ1n) is 15.4. The van der Waals surface area contributed by atoms with Crippen molar-refractivity contribution in [2.24, 2.45) is 10.8 Å². The molecule has 0 amide bonds. The maximum atomic E-state index is 12.2. The molecule has 0 aromatic heterocycles. The van der Waals surface area contributed by atoms with Crippen LogP contribution in [0.25, 0.3) is 0 Å². The van der Waals surface area contributed by atoms with E-state index < -0.39 is 12.2 Å². The quantitative estimate of drug-likeness (QED) is 0.247. The van der Waals surface area contributed by atoms with Crippen molar-refractivity contribution in [3.05, 3.63) is 130 Å². The van der Waals surface area contributed by atoms with Crippen LogP contribution < -0.4 is 0 Å². The van der Waals surface area contributed by atoms with Crippen LogP contribution in [0, 0.1) is 10.8 Å². The third-order valence-electron chi connectivity index (χ3n) is 8.31. The fourth-order valence-corrected chi connectivity index (χ4v) is 5.62. The van der Waals surface area contributed by atoms with E-state index in [1.165, 1.54) is 0 Å². The molecule has 0 saturated carbocycles. The van der Waals surface area contributed by atoms with Gasteiger partial charge >= 0.3 is 0 Å². The summed E-state index contributed by atoms with van der Waals surface area (Å²) >= 11 is 0. The standard InChI is InChI=1S/C40H52O4/c1-27(17-13-19-29(3)21-23-33-31(5)37(43)35(41)25-39(33,7)8)15-11-12-16-28(2)18-14-20-30(4)22-24-34-32(6)38(44)36(42)26-40(34,9)10/h11-24,35-36,41-42H,25-26H2,1-10H3/b12-11+,17-13+,18-14+,23-21+,24-22+,27-15+,28-16+,29-19+,30-20+/t35-,36?/m0/s1. The largest absolute Gasteiger partial charge is 0.385 e. The van der Waals surface area contributed by atoms with Crippen LogP contribution in [0.1, 0.15) is 82.1 Å². The molecule has 0 saturated heterocycles. The average Bonchev–Trinajstić information content (AvgIpc) is 2.92. The molecule has 44 heavy (non-hydrogen) atoms. The molecule has 2 aliphatic carbocycles. The molecule has 0 fully saturated rings. The summed E-state index contributed by atoms with van der Waals surface area (Å²) in [4.78, 5) is 24.5. The van der Waals surface area contributed by atoms with Crippen molar-refractivity contribution in [1.82, 2.24) is 0 Å². The SMILES string of the molecule is CC1=C(/C=C/C(C)=C/C=C/C(C)=C/C=C/C=C(C)/C=C/C=C(C)/C=C/C2=C(C)C(=O)[C@@H](O)CC2(C)C)C(C)(C)CC(O)C1=O. The molecule has 2 aliphatic rings. The van der Waals surface area contributed by atoms with Gasteiger partial charge in [-0.25, -0.2) is 0 Å². The van der Waals surface area contributed by atoms with Gasteiger partial charge in [0, 0.05) is 0 Å². The van der Waals surface area contributed by atoms with Gasteiger partial charge in [-0.05, 0) is 87.5 Å². The summed E-state index contributed by atoms with van der Waals surface area (Å²) in [5.74, 6) is -0.350. The average molecular weight is 597 g/mol. The molecule has 2 N–H and O–H groups in total. The molecule has 0 heterocycles. The molecule has 0 radical (unpaired) electrons. The van der Waals surface area contributed by atoms with E-state index in [0.29, 0.717) is 24.0 Å². The second kappa shape index (κ2) is 15.9. The Balaban J connectivity index is 1.95. The molecule has 1 unspecified atom stereocenters. The van der Waals surface area contributed by atoms with E-state index in [4.69, 9.17) is 0 Å². The Labute approximate surface area is 265 Å². The molecule has 236 valence electrons. The lowest BCUT2D eigenvalue weighted by molar-refractivity contribution is -0.126. The second-order valence-corrected chi connectivity index (χ2v) is 13.4. The number of rotatable bonds is 10. The van der Waals surface area contributed by atoms with E-state index in [1.54, 1.807) is 13.8 Å². The van der Waals surface area contributed by atoms with E-state index in [-0.39, 0.29) is 22.4 Å². The van der Waals surface area contributed by atoms with E-state index in [0.717, 1.165) is 33.4 Å². The zero-order valence-electron chi connectivity index (χ0n) is 28.4. The summed E-state index contributed by atoms with van der Waals surface area (Å²) in [5, 5.41) is 20.0. The number of carbonyl (C=O) groups is 2. The van der Waals surface area contributed by atoms with Gasteiger partial charge in [-0.3, -0.25) is 9.59 Å². The first-order chi connectivity index (χ1) is 20.5. The van der Waals surface area contributed by atoms with Gasteiger partial charge in [-0.2, -0.15) is 0 Å². The second-order valence-electron chi connectivity index (χ2n) is 13.4. The molecule has 4 nitrogen and oxygen atoms in total. The highest BCUT2D eigenvalue weighted by molar-refractivity contribution is 6.01. The maximum absolute atomic E-state index is 12.2. The van der Waals surface area contributed by atoms with Crippen LogP contribution in [0.3, 0.4) is 0 Å². The van der Waals surface area contributed by atoms with Crippen LogP contribution in [0.2, 0.25) is 0 Å². The van der Waals surface area contributed by atoms with Crippen molar-refractivity contribution < 1.29 is 19.8 Å². The Hall–Kier alpha value is -3.60. The minimum Gasteiger partial charge on any atom is -0.385 e. The third kappa shape index (κ3) is 10.5. The van der Waals surface area contributed by atoms with Crippen molar-refractivity contribution in [1.29, 1.82) is 0 Å². The van der Waals surface area contributed by atoms with E-state index in [2.05, 4.69) is 65.8 Å². The van der Waals surface area contributed by atoms with Crippen molar-refractivity contribution >= 4 is 11.6 Å². The van der Waals surface area contributed by atoms with Crippen LogP contribution in [-0.2, 0) is 9.59 Å². The molecule has 2 atom stereocenters. The molecule has 0 bridgehead atoms. The van der Waals surface area contributed by atoms with Crippen molar-refractivity contribution in [2.45, 2.75) is 94.3 Å². The number of hydrogen-bond donors (Lipinski definition) is 2. The van der Waals surface area contributed by atoms with Crippen molar-refractivity contribution in [2.75, 3.05) is 0 Å². The lowest BCUT2D eigenvalue weighted by Gasteiger charge is -2.34. The highest BCUT2D eigenvalue weighted by Gasteiger charge is 2.37. The molecule has 4 heteroatoms. The number of hydrogen-bond acceptors (Lipinski definition) is 4. The van der Waals surface area contributed by atoms with E-state index >= 15 is 0 Å². The maximum Gasteiger partial charge on any atom is 0.187 e. The summed E-state index contributed by atoms with van der Waals surface area (Å²) < 4.78 is 0. The van der Waals surface area contributed by atoms with Crippen LogP contribution in [0.5, 0.6) is 0 Å². The smallest absolute Gasteiger partial charge is 0.187 e. The zero-order valence-corrected chi connectivity index (χ0v) is 28.4. The number of aliphatic hydroxyl groups is 2. The lowest BCUT2D eigenvalue weighted by Crippen LogP contribution is -2.35. The van der Waals surface area contributed by atoms with Gasteiger partial charge in [-0.1, -0.05) is 135 Å². The van der Waals surface area contributed by atoms with Gasteiger partial charge in [0.2, 0.25) is 0 Å². The minimum atomic E-state index is -0.907. The topological polar surface area (TPSA) is 74.6 Å². The third-order valence-corrected chi connectivity index (χ3v) is 8.31. The highest BCUT2D eigenvalue weighted by atomic mass is 16.3. The van der Waals surface area contributed by atoms with Gasteiger partial charge in [0.05, 0.1) is 0 Å². The highest BCUT2D eigenvalue weighted by Crippen LogP contribution is 2.40. The molecular weight excluding hydrogens is 544 g/mol. The normalized spacial score (nSPS) is 24.5. The van der Waals surface area contributed by atoms with Gasteiger partial charge in [-0.15, -0.1) is 0 Å². The number of ketones is 2. The Bertz CT molecular complexity index is 1340. The number of aliphatic hydroxyl groups excluding tert-OH is 2. The van der Waals surface area contributed by atoms with E-state index in [9.17, 15) is 19.8 Å². The molecule has 0 aromatic rings. The summed E-state index contributed by atoms with van der Waals surface area (Å²) in [5.41, 5.74) is 7.16. The molecule has 0 aromatic carbocycles. The number of allylic oxidation sites excluding steroid dienone is 20. The number of Topliss-reactive ketones (excluding diaryl/α,β-unsaturated/α-hetero) is 2. The fourth-order valence-electron chi connectivity index (χ4n) is 5.62. The van der Waals surface area contributed by atoms with Crippen LogP contribution in [-0.4, -0.2) is 34.0 Å². The van der Waals surface area contributed by atoms with Gasteiger partial charge in [0.1, 0.15) is 12.2 Å². The van der Waals surface area contributed by atoms with Crippen LogP contribution in [0.15, 0.2) is 130 Å². The monoisotopic (exact) mass is 596 g/mol. The predicted molar refractivity (Wildman–Crippen MR) is 185 cm³/mol. The Morgan fingerprint density at radius 2 is 0.864 bits per heavy atom. The van der Waals surface area contributed by atoms with Crippen LogP contribution >= 0.6 is 0 Å². The summed E-state index contributed by atoms with van der Waals surface area (Å²) in [6.45, 7) is 20.0. The zero-order chi connectivity index (χ0) is 33.2. The molecule has 0 aliphatic heterocycles. The Kier molecular flexibility index (Phi) is 13.2. The van der Waals surface area contributed by atoms with Crippen molar-refractivity contribution in [3.8, 4) is 0 Å². The summed E-state index contributed by atoms with van der Waals surface area (Å²) in [7, 11) is 0. The summed E-state index contributed by atoms with van der Waals surface area (Å²) in [6.07, 6.45) is 27.5. The van der Waals surface area contributed by atoms with Gasteiger partial charge in [0.25, 0.3) is 0 Å². The van der Waals surface area contributed by atoms with Gasteiger partial charge in [0.15, 0.2) is 11.6 Å². The summed E-state index contributed by atoms with van der Waals surface area (Å²) in [6, 6.07) is 0. The molecular formula is C40H52O4. The fraction of sp³-hybridized carbons (Fsp3) is 0.400. The van der Waals surface area contributed by atoms with E-state index in [1.807, 2.05) is 74.6 Å². The number of carbonyl (C=O) groups excluding carboxylic acids is 2. The van der Waals surface area contributed by atoms with Crippen molar-refractivity contribution in [3.63, 3.8) is 0 Å². The Morgan fingerprint density at radius 1 is 0.568 bits per heavy atom. The lowest BCUT2D eigenvalue weighted by atomic mass is 9.71. The first kappa shape index (κ1) is 36.6. The molecule has 2 rings (SSSR count). The Morgan fingerprint density at radius 3 is 1.20 bits per heavy atom. The predicted octanol–water partition coefficient (Wildman–Crippen LogP) is 8.91. The van der Waals surface area contributed by atoms with Crippen LogP contribution in [0.4, 0.5) is 0 Å². The first-order valence-corrected chi connectivity index (χ1v) is 15.4. The molecule has 0 spiro atoms.